The molecule has 0 spiro atoms. The lowest BCUT2D eigenvalue weighted by Crippen LogP contribution is -2.06. The van der Waals surface area contributed by atoms with E-state index in [1.165, 1.54) is 11.2 Å². The Kier molecular flexibility index (Phi) is 3.80. The standard InChI is InChI=1S/C16H12BrN5S/c17-12-6-13(23-9-12)8-18-15-7-14(11-4-2-1-3-5-11)21-16-19-10-20-22(15)16/h1-7,9-10,18H,8H2. The number of halogens is 1. The minimum absolute atomic E-state index is 0.584. The largest absolute Gasteiger partial charge is 0.365 e. The van der Waals surface area contributed by atoms with Crippen molar-refractivity contribution in [2.45, 2.75) is 6.54 Å². The van der Waals surface area contributed by atoms with Crippen LogP contribution in [0.15, 0.2) is 58.6 Å². The first kappa shape index (κ1) is 14.3. The van der Waals surface area contributed by atoms with Gasteiger partial charge in [-0.15, -0.1) is 11.3 Å². The number of hydrogen-bond acceptors (Lipinski definition) is 5. The van der Waals surface area contributed by atoms with E-state index in [0.29, 0.717) is 5.78 Å². The van der Waals surface area contributed by atoms with Gasteiger partial charge >= 0.3 is 0 Å². The molecule has 0 radical (unpaired) electrons. The molecule has 0 aliphatic heterocycles. The summed E-state index contributed by atoms with van der Waals surface area (Å²) in [5, 5.41) is 9.74. The number of rotatable bonds is 4. The Morgan fingerprint density at radius 3 is 2.83 bits per heavy atom. The number of anilines is 1. The third-order valence-electron chi connectivity index (χ3n) is 3.39. The molecule has 23 heavy (non-hydrogen) atoms. The maximum Gasteiger partial charge on any atom is 0.254 e. The molecule has 1 aromatic carbocycles. The van der Waals surface area contributed by atoms with Crippen LogP contribution in [0.5, 0.6) is 0 Å². The fraction of sp³-hybridized carbons (Fsp3) is 0.0625. The van der Waals surface area contributed by atoms with E-state index in [9.17, 15) is 0 Å². The van der Waals surface area contributed by atoms with E-state index in [4.69, 9.17) is 0 Å². The predicted octanol–water partition coefficient (Wildman–Crippen LogP) is 4.23. The molecule has 3 aromatic heterocycles. The van der Waals surface area contributed by atoms with Crippen LogP contribution in [0.25, 0.3) is 17.0 Å². The summed E-state index contributed by atoms with van der Waals surface area (Å²) in [7, 11) is 0. The highest BCUT2D eigenvalue weighted by atomic mass is 79.9. The summed E-state index contributed by atoms with van der Waals surface area (Å²) < 4.78 is 2.82. The number of hydrogen-bond donors (Lipinski definition) is 1. The minimum atomic E-state index is 0.584. The van der Waals surface area contributed by atoms with Gasteiger partial charge in [0.2, 0.25) is 0 Å². The second kappa shape index (κ2) is 6.10. The van der Waals surface area contributed by atoms with Crippen molar-refractivity contribution < 1.29 is 0 Å². The highest BCUT2D eigenvalue weighted by Gasteiger charge is 2.09. The summed E-state index contributed by atoms with van der Waals surface area (Å²) in [6.45, 7) is 0.726. The van der Waals surface area contributed by atoms with Crippen molar-refractivity contribution in [2.75, 3.05) is 5.32 Å². The molecule has 0 saturated heterocycles. The first-order valence-corrected chi connectivity index (χ1v) is 8.70. The number of benzene rings is 1. The first-order chi connectivity index (χ1) is 11.3. The van der Waals surface area contributed by atoms with Crippen molar-refractivity contribution in [3.63, 3.8) is 0 Å². The number of nitrogens with zero attached hydrogens (tertiary/aromatic N) is 4. The van der Waals surface area contributed by atoms with Crippen LogP contribution in [0, 0.1) is 0 Å². The van der Waals surface area contributed by atoms with Gasteiger partial charge in [-0.1, -0.05) is 30.3 Å². The van der Waals surface area contributed by atoms with Crippen LogP contribution in [-0.4, -0.2) is 19.6 Å². The Labute approximate surface area is 145 Å². The normalized spacial score (nSPS) is 11.0. The van der Waals surface area contributed by atoms with Gasteiger partial charge in [0, 0.05) is 26.4 Å². The molecule has 0 aliphatic carbocycles. The lowest BCUT2D eigenvalue weighted by Gasteiger charge is -2.09. The Bertz CT molecular complexity index is 947. The first-order valence-electron chi connectivity index (χ1n) is 7.02. The fourth-order valence-electron chi connectivity index (χ4n) is 2.32. The van der Waals surface area contributed by atoms with Gasteiger partial charge in [0.05, 0.1) is 12.2 Å². The molecule has 0 aliphatic rings. The Morgan fingerprint density at radius 2 is 2.04 bits per heavy atom. The van der Waals surface area contributed by atoms with Gasteiger partial charge in [0.25, 0.3) is 5.78 Å². The van der Waals surface area contributed by atoms with Crippen LogP contribution in [0.3, 0.4) is 0 Å². The molecule has 7 heteroatoms. The van der Waals surface area contributed by atoms with Crippen LogP contribution in [0.2, 0.25) is 0 Å². The summed E-state index contributed by atoms with van der Waals surface area (Å²) in [4.78, 5) is 10.0. The van der Waals surface area contributed by atoms with Gasteiger partial charge in [0.15, 0.2) is 0 Å². The van der Waals surface area contributed by atoms with E-state index in [0.717, 1.165) is 28.1 Å². The molecular formula is C16H12BrN5S. The highest BCUT2D eigenvalue weighted by Crippen LogP contribution is 2.23. The van der Waals surface area contributed by atoms with Crippen molar-refractivity contribution in [1.82, 2.24) is 19.6 Å². The van der Waals surface area contributed by atoms with E-state index >= 15 is 0 Å². The molecule has 5 nitrogen and oxygen atoms in total. The third-order valence-corrected chi connectivity index (χ3v) is 5.08. The van der Waals surface area contributed by atoms with Crippen molar-refractivity contribution in [1.29, 1.82) is 0 Å². The van der Waals surface area contributed by atoms with Gasteiger partial charge in [-0.05, 0) is 22.0 Å². The molecule has 4 aromatic rings. The summed E-state index contributed by atoms with van der Waals surface area (Å²) in [5.41, 5.74) is 1.93. The molecule has 4 rings (SSSR count). The Hall–Kier alpha value is -2.25. The molecule has 0 saturated carbocycles. The topological polar surface area (TPSA) is 55.1 Å². The molecule has 3 heterocycles. The lowest BCUT2D eigenvalue weighted by atomic mass is 10.1. The fourth-order valence-corrected chi connectivity index (χ4v) is 3.71. The molecule has 0 atom stereocenters. The monoisotopic (exact) mass is 385 g/mol. The molecule has 0 bridgehead atoms. The highest BCUT2D eigenvalue weighted by molar-refractivity contribution is 9.10. The van der Waals surface area contributed by atoms with Gasteiger partial charge in [-0.2, -0.15) is 14.6 Å². The number of fused-ring (bicyclic) bond motifs is 1. The van der Waals surface area contributed by atoms with Crippen LogP contribution < -0.4 is 5.32 Å². The molecule has 0 unspecified atom stereocenters. The minimum Gasteiger partial charge on any atom is -0.365 e. The van der Waals surface area contributed by atoms with Gasteiger partial charge in [-0.3, -0.25) is 0 Å². The van der Waals surface area contributed by atoms with E-state index < -0.39 is 0 Å². The van der Waals surface area contributed by atoms with Crippen LogP contribution in [0.1, 0.15) is 4.88 Å². The van der Waals surface area contributed by atoms with Crippen LogP contribution in [-0.2, 0) is 6.54 Å². The molecular weight excluding hydrogens is 374 g/mol. The Morgan fingerprint density at radius 1 is 1.17 bits per heavy atom. The zero-order valence-corrected chi connectivity index (χ0v) is 14.4. The summed E-state index contributed by atoms with van der Waals surface area (Å²) in [6.07, 6.45) is 1.52. The van der Waals surface area contributed by atoms with Crippen molar-refractivity contribution in [3.8, 4) is 11.3 Å². The lowest BCUT2D eigenvalue weighted by molar-refractivity contribution is 0.929. The average molecular weight is 386 g/mol. The number of thiophene rings is 1. The zero-order valence-electron chi connectivity index (χ0n) is 12.0. The number of nitrogens with one attached hydrogen (secondary N) is 1. The third kappa shape index (κ3) is 2.97. The van der Waals surface area contributed by atoms with Crippen molar-refractivity contribution in [2.24, 2.45) is 0 Å². The second-order valence-electron chi connectivity index (χ2n) is 4.95. The average Bonchev–Trinajstić information content (AvgIpc) is 3.22. The molecule has 0 amide bonds. The zero-order chi connectivity index (χ0) is 15.6. The van der Waals surface area contributed by atoms with Crippen molar-refractivity contribution in [3.05, 3.63) is 63.5 Å². The molecule has 114 valence electrons. The Balaban J connectivity index is 1.71. The van der Waals surface area contributed by atoms with E-state index in [1.807, 2.05) is 36.4 Å². The quantitative estimate of drug-likeness (QED) is 0.571. The molecule has 0 fully saturated rings. The van der Waals surface area contributed by atoms with Crippen molar-refractivity contribution >= 4 is 38.9 Å². The van der Waals surface area contributed by atoms with E-state index in [1.54, 1.807) is 15.9 Å². The smallest absolute Gasteiger partial charge is 0.254 e. The second-order valence-corrected chi connectivity index (χ2v) is 6.86. The van der Waals surface area contributed by atoms with Crippen LogP contribution in [0.4, 0.5) is 5.82 Å². The maximum atomic E-state index is 4.57. The SMILES string of the molecule is Brc1csc(CNc2cc(-c3ccccc3)nc3ncnn23)c1. The van der Waals surface area contributed by atoms with Crippen LogP contribution >= 0.6 is 27.3 Å². The molecule has 1 N–H and O–H groups in total. The predicted molar refractivity (Wildman–Crippen MR) is 95.6 cm³/mol. The van der Waals surface area contributed by atoms with Gasteiger partial charge in [-0.25, -0.2) is 4.98 Å². The summed E-state index contributed by atoms with van der Waals surface area (Å²) >= 11 is 5.19. The summed E-state index contributed by atoms with van der Waals surface area (Å²) in [6, 6.07) is 14.2. The van der Waals surface area contributed by atoms with E-state index in [-0.39, 0.29) is 0 Å². The van der Waals surface area contributed by atoms with Gasteiger partial charge < -0.3 is 5.32 Å². The number of aromatic nitrogens is 4. The van der Waals surface area contributed by atoms with Gasteiger partial charge in [0.1, 0.15) is 12.1 Å². The maximum absolute atomic E-state index is 4.57. The summed E-state index contributed by atoms with van der Waals surface area (Å²) in [5.74, 6) is 1.46. The van der Waals surface area contributed by atoms with E-state index in [2.05, 4.69) is 47.8 Å².